The van der Waals surface area contributed by atoms with Gasteiger partial charge in [0, 0.05) is 22.9 Å². The van der Waals surface area contributed by atoms with Gasteiger partial charge in [0.05, 0.1) is 0 Å². The molecule has 0 fully saturated rings. The second-order valence-electron chi connectivity index (χ2n) is 5.89. The van der Waals surface area contributed by atoms with Gasteiger partial charge in [-0.15, -0.1) is 0 Å². The average Bonchev–Trinajstić information content (AvgIpc) is 2.98. The first-order valence-corrected chi connectivity index (χ1v) is 7.97. The molecule has 1 aromatic heterocycles. The van der Waals surface area contributed by atoms with Gasteiger partial charge in [0.1, 0.15) is 5.58 Å². The molecule has 0 atom stereocenters. The minimum Gasteiger partial charge on any atom is -0.450 e. The van der Waals surface area contributed by atoms with Gasteiger partial charge in [0.25, 0.3) is 5.91 Å². The van der Waals surface area contributed by atoms with Gasteiger partial charge in [0.2, 0.25) is 0 Å². The first kappa shape index (κ1) is 14.5. The van der Waals surface area contributed by atoms with E-state index in [9.17, 15) is 4.79 Å². The molecule has 0 unspecified atom stereocenters. The molecule has 3 heteroatoms. The third-order valence-electron chi connectivity index (χ3n) is 4.33. The molecule has 0 radical (unpaired) electrons. The maximum Gasteiger partial charge on any atom is 0.287 e. The standard InChI is InChI=1S/C21H17NO2/c1-14-17-12-11-16-9-5-6-10-18(16)20(17)24-19(14)21(23)22-13-15-7-3-2-4-8-15/h2-12H,13H2,1H3,(H,22,23). The van der Waals surface area contributed by atoms with Crippen molar-refractivity contribution in [3.8, 4) is 0 Å². The molecule has 0 bridgehead atoms. The van der Waals surface area contributed by atoms with Gasteiger partial charge in [-0.3, -0.25) is 4.79 Å². The Morgan fingerprint density at radius 3 is 2.50 bits per heavy atom. The number of fused-ring (bicyclic) bond motifs is 3. The van der Waals surface area contributed by atoms with Crippen LogP contribution in [0.4, 0.5) is 0 Å². The lowest BCUT2D eigenvalue weighted by molar-refractivity contribution is 0.0924. The number of nitrogens with one attached hydrogen (secondary N) is 1. The van der Waals surface area contributed by atoms with Gasteiger partial charge >= 0.3 is 0 Å². The normalized spacial score (nSPS) is 11.0. The summed E-state index contributed by atoms with van der Waals surface area (Å²) in [6.45, 7) is 2.41. The van der Waals surface area contributed by atoms with Crippen LogP contribution in [0.1, 0.15) is 21.7 Å². The number of furan rings is 1. The van der Waals surface area contributed by atoms with Crippen LogP contribution in [0, 0.1) is 6.92 Å². The van der Waals surface area contributed by atoms with Gasteiger partial charge in [-0.25, -0.2) is 0 Å². The molecule has 0 aliphatic carbocycles. The summed E-state index contributed by atoms with van der Waals surface area (Å²) in [6.07, 6.45) is 0. The molecule has 1 amide bonds. The SMILES string of the molecule is Cc1c(C(=O)NCc2ccccc2)oc2c1ccc1ccccc12. The van der Waals surface area contributed by atoms with E-state index >= 15 is 0 Å². The molecule has 1 N–H and O–H groups in total. The van der Waals surface area contributed by atoms with E-state index in [1.807, 2.05) is 67.6 Å². The molecule has 0 saturated carbocycles. The van der Waals surface area contributed by atoms with Gasteiger partial charge in [0.15, 0.2) is 5.76 Å². The summed E-state index contributed by atoms with van der Waals surface area (Å²) in [6, 6.07) is 22.0. The van der Waals surface area contributed by atoms with Gasteiger partial charge in [-0.1, -0.05) is 66.7 Å². The van der Waals surface area contributed by atoms with Crippen LogP contribution in [0.2, 0.25) is 0 Å². The first-order valence-electron chi connectivity index (χ1n) is 7.97. The minimum atomic E-state index is -0.184. The molecule has 4 rings (SSSR count). The largest absolute Gasteiger partial charge is 0.450 e. The second-order valence-corrected chi connectivity index (χ2v) is 5.89. The molecular weight excluding hydrogens is 298 g/mol. The summed E-state index contributed by atoms with van der Waals surface area (Å²) in [5.74, 6) is 0.203. The molecular formula is C21H17NO2. The van der Waals surface area contributed by atoms with Crippen molar-refractivity contribution in [3.63, 3.8) is 0 Å². The summed E-state index contributed by atoms with van der Waals surface area (Å²) in [7, 11) is 0. The summed E-state index contributed by atoms with van der Waals surface area (Å²) < 4.78 is 5.95. The summed E-state index contributed by atoms with van der Waals surface area (Å²) in [4.78, 5) is 12.5. The fourth-order valence-corrected chi connectivity index (χ4v) is 3.02. The average molecular weight is 315 g/mol. The van der Waals surface area contributed by atoms with Crippen molar-refractivity contribution < 1.29 is 9.21 Å². The van der Waals surface area contributed by atoms with E-state index in [0.29, 0.717) is 12.3 Å². The lowest BCUT2D eigenvalue weighted by Gasteiger charge is -2.03. The predicted octanol–water partition coefficient (Wildman–Crippen LogP) is 4.82. The first-order chi connectivity index (χ1) is 11.7. The molecule has 3 aromatic carbocycles. The van der Waals surface area contributed by atoms with Crippen LogP contribution in [-0.4, -0.2) is 5.91 Å². The number of carbonyl (C=O) groups is 1. The number of rotatable bonds is 3. The number of carbonyl (C=O) groups excluding carboxylic acids is 1. The van der Waals surface area contributed by atoms with E-state index in [1.165, 1.54) is 0 Å². The summed E-state index contributed by atoms with van der Waals surface area (Å²) in [5.41, 5.74) is 2.71. The molecule has 0 aliphatic rings. The number of amides is 1. The minimum absolute atomic E-state index is 0.184. The smallest absolute Gasteiger partial charge is 0.287 e. The van der Waals surface area contributed by atoms with Crippen LogP contribution in [0.25, 0.3) is 21.7 Å². The second kappa shape index (κ2) is 5.85. The highest BCUT2D eigenvalue weighted by Gasteiger charge is 2.18. The lowest BCUT2D eigenvalue weighted by atomic mass is 10.1. The molecule has 24 heavy (non-hydrogen) atoms. The Morgan fingerprint density at radius 2 is 1.67 bits per heavy atom. The third-order valence-corrected chi connectivity index (χ3v) is 4.33. The Balaban J connectivity index is 1.70. The monoisotopic (exact) mass is 315 g/mol. The van der Waals surface area contributed by atoms with E-state index in [1.54, 1.807) is 0 Å². The van der Waals surface area contributed by atoms with Crippen LogP contribution < -0.4 is 5.32 Å². The topological polar surface area (TPSA) is 42.2 Å². The van der Waals surface area contributed by atoms with Crippen LogP contribution in [0.15, 0.2) is 71.1 Å². The molecule has 0 spiro atoms. The van der Waals surface area contributed by atoms with E-state index < -0.39 is 0 Å². The van der Waals surface area contributed by atoms with Gasteiger partial charge in [-0.05, 0) is 17.9 Å². The van der Waals surface area contributed by atoms with E-state index in [-0.39, 0.29) is 5.91 Å². The van der Waals surface area contributed by atoms with Gasteiger partial charge in [-0.2, -0.15) is 0 Å². The highest BCUT2D eigenvalue weighted by Crippen LogP contribution is 2.31. The van der Waals surface area contributed by atoms with Crippen LogP contribution in [-0.2, 0) is 6.54 Å². The number of hydrogen-bond acceptors (Lipinski definition) is 2. The maximum absolute atomic E-state index is 12.5. The number of hydrogen-bond donors (Lipinski definition) is 1. The van der Waals surface area contributed by atoms with Crippen LogP contribution in [0.5, 0.6) is 0 Å². The Labute approximate surface area is 139 Å². The number of aryl methyl sites for hydroxylation is 1. The Kier molecular flexibility index (Phi) is 3.54. The van der Waals surface area contributed by atoms with Crippen molar-refractivity contribution in [2.24, 2.45) is 0 Å². The van der Waals surface area contributed by atoms with Crippen molar-refractivity contribution in [1.82, 2.24) is 5.32 Å². The highest BCUT2D eigenvalue weighted by molar-refractivity contribution is 6.08. The maximum atomic E-state index is 12.5. The van der Waals surface area contributed by atoms with Gasteiger partial charge < -0.3 is 9.73 Å². The molecule has 0 aliphatic heterocycles. The van der Waals surface area contributed by atoms with Crippen LogP contribution in [0.3, 0.4) is 0 Å². The molecule has 118 valence electrons. The quantitative estimate of drug-likeness (QED) is 0.588. The highest BCUT2D eigenvalue weighted by atomic mass is 16.3. The van der Waals surface area contributed by atoms with E-state index in [4.69, 9.17) is 4.42 Å². The zero-order chi connectivity index (χ0) is 16.5. The van der Waals surface area contributed by atoms with Crippen molar-refractivity contribution in [2.75, 3.05) is 0 Å². The fraction of sp³-hybridized carbons (Fsp3) is 0.0952. The Bertz CT molecular complexity index is 1030. The summed E-state index contributed by atoms with van der Waals surface area (Å²) in [5, 5.41) is 6.05. The van der Waals surface area contributed by atoms with Crippen LogP contribution >= 0.6 is 0 Å². The predicted molar refractivity (Wildman–Crippen MR) is 96.1 cm³/mol. The van der Waals surface area contributed by atoms with E-state index in [2.05, 4.69) is 11.4 Å². The van der Waals surface area contributed by atoms with E-state index in [0.717, 1.165) is 32.9 Å². The molecule has 1 heterocycles. The fourth-order valence-electron chi connectivity index (χ4n) is 3.02. The lowest BCUT2D eigenvalue weighted by Crippen LogP contribution is -2.22. The van der Waals surface area contributed by atoms with Crippen molar-refractivity contribution >= 4 is 27.6 Å². The van der Waals surface area contributed by atoms with Crippen molar-refractivity contribution in [3.05, 3.63) is 83.6 Å². The summed E-state index contributed by atoms with van der Waals surface area (Å²) >= 11 is 0. The Morgan fingerprint density at radius 1 is 0.917 bits per heavy atom. The third kappa shape index (κ3) is 2.44. The zero-order valence-corrected chi connectivity index (χ0v) is 13.4. The van der Waals surface area contributed by atoms with Crippen molar-refractivity contribution in [1.29, 1.82) is 0 Å². The zero-order valence-electron chi connectivity index (χ0n) is 13.4. The Hall–Kier alpha value is -3.07. The molecule has 3 nitrogen and oxygen atoms in total. The molecule has 0 saturated heterocycles. The molecule has 4 aromatic rings. The number of benzene rings is 3. The van der Waals surface area contributed by atoms with Crippen molar-refractivity contribution in [2.45, 2.75) is 13.5 Å².